The van der Waals surface area contributed by atoms with Crippen molar-refractivity contribution in [2.45, 2.75) is 25.0 Å². The number of nitrogens with two attached hydrogens (primary N) is 1. The Balaban J connectivity index is 1.83. The molecule has 3 N–H and O–H groups in total. The molecule has 6 nitrogen and oxygen atoms in total. The van der Waals surface area contributed by atoms with Crippen molar-refractivity contribution in [2.75, 3.05) is 19.7 Å². The van der Waals surface area contributed by atoms with E-state index in [1.807, 2.05) is 30.3 Å². The number of carboxylic acid groups (broad SMARTS) is 1. The summed E-state index contributed by atoms with van der Waals surface area (Å²) in [4.78, 5) is 24.6. The maximum absolute atomic E-state index is 12.1. The summed E-state index contributed by atoms with van der Waals surface area (Å²) in [7, 11) is 0. The van der Waals surface area contributed by atoms with Crippen LogP contribution in [-0.2, 0) is 14.3 Å². The normalized spacial score (nSPS) is 20.0. The van der Waals surface area contributed by atoms with E-state index >= 15 is 0 Å². The molecule has 1 heterocycles. The predicted octanol–water partition coefficient (Wildman–Crippen LogP) is 0.779. The van der Waals surface area contributed by atoms with Crippen LogP contribution in [-0.4, -0.2) is 47.7 Å². The first-order valence-electron chi connectivity index (χ1n) is 7.00. The number of ether oxygens (including phenoxy) is 1. The summed E-state index contributed by atoms with van der Waals surface area (Å²) in [6.07, 6.45) is -0.0779. The van der Waals surface area contributed by atoms with Gasteiger partial charge in [-0.2, -0.15) is 0 Å². The number of carboxylic acids is 1. The Bertz CT molecular complexity index is 492. The smallest absolute Gasteiger partial charge is 0.334 e. The van der Waals surface area contributed by atoms with Crippen LogP contribution >= 0.6 is 0 Å². The Kier molecular flexibility index (Phi) is 5.30. The fourth-order valence-corrected chi connectivity index (χ4v) is 2.33. The van der Waals surface area contributed by atoms with Crippen LogP contribution in [0.2, 0.25) is 0 Å². The molecule has 0 aromatic heterocycles. The average Bonchev–Trinajstić information content (AvgIpc) is 2.53. The van der Waals surface area contributed by atoms with E-state index in [1.54, 1.807) is 4.90 Å². The fourth-order valence-electron chi connectivity index (χ4n) is 2.33. The van der Waals surface area contributed by atoms with Gasteiger partial charge in [-0.15, -0.1) is 0 Å². The van der Waals surface area contributed by atoms with Crippen molar-refractivity contribution in [1.82, 2.24) is 4.90 Å². The number of morpholine rings is 1. The van der Waals surface area contributed by atoms with Crippen molar-refractivity contribution in [3.63, 3.8) is 0 Å². The highest BCUT2D eigenvalue weighted by molar-refractivity contribution is 5.78. The van der Waals surface area contributed by atoms with Crippen LogP contribution in [0.3, 0.4) is 0 Å². The summed E-state index contributed by atoms with van der Waals surface area (Å²) in [5.74, 6) is -1.11. The van der Waals surface area contributed by atoms with Gasteiger partial charge in [0.1, 0.15) is 0 Å². The first-order valence-corrected chi connectivity index (χ1v) is 7.00. The zero-order valence-corrected chi connectivity index (χ0v) is 11.8. The number of benzene rings is 1. The number of rotatable bonds is 5. The van der Waals surface area contributed by atoms with Crippen LogP contribution in [0, 0.1) is 0 Å². The van der Waals surface area contributed by atoms with Crippen LogP contribution in [0.15, 0.2) is 30.3 Å². The number of hydrogen-bond donors (Lipinski definition) is 2. The van der Waals surface area contributed by atoms with Crippen LogP contribution in [0.5, 0.6) is 0 Å². The van der Waals surface area contributed by atoms with E-state index in [2.05, 4.69) is 0 Å². The molecule has 114 valence electrons. The van der Waals surface area contributed by atoms with E-state index in [0.717, 1.165) is 5.56 Å². The van der Waals surface area contributed by atoms with Gasteiger partial charge in [0, 0.05) is 19.0 Å². The molecule has 21 heavy (non-hydrogen) atoms. The third-order valence-electron chi connectivity index (χ3n) is 3.59. The molecular weight excluding hydrogens is 272 g/mol. The van der Waals surface area contributed by atoms with Gasteiger partial charge in [-0.1, -0.05) is 30.3 Å². The van der Waals surface area contributed by atoms with Gasteiger partial charge in [-0.05, 0) is 12.0 Å². The Labute approximate surface area is 123 Å². The summed E-state index contributed by atoms with van der Waals surface area (Å²) in [5.41, 5.74) is 7.05. The highest BCUT2D eigenvalue weighted by Crippen LogP contribution is 2.16. The zero-order chi connectivity index (χ0) is 15.2. The largest absolute Gasteiger partial charge is 0.479 e. The first kappa shape index (κ1) is 15.5. The Morgan fingerprint density at radius 1 is 1.38 bits per heavy atom. The molecule has 2 rings (SSSR count). The molecule has 1 saturated heterocycles. The topological polar surface area (TPSA) is 92.9 Å². The molecule has 2 unspecified atom stereocenters. The van der Waals surface area contributed by atoms with Gasteiger partial charge in [-0.25, -0.2) is 4.79 Å². The minimum atomic E-state index is -1.03. The molecule has 1 aromatic rings. The zero-order valence-electron chi connectivity index (χ0n) is 11.8. The highest BCUT2D eigenvalue weighted by atomic mass is 16.5. The second-order valence-electron chi connectivity index (χ2n) is 5.09. The Morgan fingerprint density at radius 3 is 2.76 bits per heavy atom. The molecule has 0 bridgehead atoms. The lowest BCUT2D eigenvalue weighted by atomic mass is 10.0. The lowest BCUT2D eigenvalue weighted by Gasteiger charge is -2.31. The van der Waals surface area contributed by atoms with E-state index < -0.39 is 12.1 Å². The minimum absolute atomic E-state index is 0.0732. The lowest BCUT2D eigenvalue weighted by Crippen LogP contribution is -2.48. The number of nitrogens with zero attached hydrogens (tertiary/aromatic N) is 1. The summed E-state index contributed by atoms with van der Waals surface area (Å²) in [6, 6.07) is 9.43. The van der Waals surface area contributed by atoms with Gasteiger partial charge in [0.15, 0.2) is 6.10 Å². The number of carbonyl (C=O) groups excluding carboxylic acids is 1. The van der Waals surface area contributed by atoms with Crippen molar-refractivity contribution < 1.29 is 19.4 Å². The maximum atomic E-state index is 12.1. The van der Waals surface area contributed by atoms with Gasteiger partial charge >= 0.3 is 5.97 Å². The van der Waals surface area contributed by atoms with E-state index in [4.69, 9.17) is 15.6 Å². The second-order valence-corrected chi connectivity index (χ2v) is 5.09. The van der Waals surface area contributed by atoms with Crippen molar-refractivity contribution in [3.05, 3.63) is 35.9 Å². The summed E-state index contributed by atoms with van der Waals surface area (Å²) < 4.78 is 5.10. The Morgan fingerprint density at radius 2 is 2.10 bits per heavy atom. The Hall–Kier alpha value is -1.92. The molecule has 0 saturated carbocycles. The summed E-state index contributed by atoms with van der Waals surface area (Å²) >= 11 is 0. The van der Waals surface area contributed by atoms with Gasteiger partial charge in [-0.3, -0.25) is 4.79 Å². The van der Waals surface area contributed by atoms with Crippen molar-refractivity contribution in [3.8, 4) is 0 Å². The molecule has 0 radical (unpaired) electrons. The summed E-state index contributed by atoms with van der Waals surface area (Å²) in [5, 5.41) is 8.92. The second kappa shape index (κ2) is 7.19. The van der Waals surface area contributed by atoms with Crippen LogP contribution in [0.1, 0.15) is 24.4 Å². The van der Waals surface area contributed by atoms with Gasteiger partial charge in [0.05, 0.1) is 13.2 Å². The number of amides is 1. The van der Waals surface area contributed by atoms with Gasteiger partial charge in [0.2, 0.25) is 5.91 Å². The molecule has 0 aliphatic carbocycles. The number of hydrogen-bond acceptors (Lipinski definition) is 4. The summed E-state index contributed by atoms with van der Waals surface area (Å²) in [6.45, 7) is 0.797. The number of carbonyl (C=O) groups is 2. The molecule has 2 atom stereocenters. The molecule has 1 aliphatic rings. The first-order chi connectivity index (χ1) is 10.1. The number of aliphatic carboxylic acids is 1. The van der Waals surface area contributed by atoms with Gasteiger partial charge in [0.25, 0.3) is 0 Å². The molecule has 1 aromatic carbocycles. The maximum Gasteiger partial charge on any atom is 0.334 e. The quantitative estimate of drug-likeness (QED) is 0.836. The van der Waals surface area contributed by atoms with Crippen molar-refractivity contribution in [1.29, 1.82) is 0 Å². The van der Waals surface area contributed by atoms with Crippen molar-refractivity contribution in [2.24, 2.45) is 5.73 Å². The van der Waals surface area contributed by atoms with Crippen LogP contribution in [0.25, 0.3) is 0 Å². The fraction of sp³-hybridized carbons (Fsp3) is 0.467. The molecule has 1 aliphatic heterocycles. The SMILES string of the molecule is NC(CCC(=O)N1CCOC(C(=O)O)C1)c1ccccc1. The predicted molar refractivity (Wildman–Crippen MR) is 76.6 cm³/mol. The van der Waals surface area contributed by atoms with Crippen LogP contribution in [0.4, 0.5) is 0 Å². The van der Waals surface area contributed by atoms with E-state index in [1.165, 1.54) is 0 Å². The van der Waals surface area contributed by atoms with E-state index in [0.29, 0.717) is 19.4 Å². The van der Waals surface area contributed by atoms with Crippen molar-refractivity contribution >= 4 is 11.9 Å². The third-order valence-corrected chi connectivity index (χ3v) is 3.59. The molecule has 0 spiro atoms. The molecule has 6 heteroatoms. The van der Waals surface area contributed by atoms with E-state index in [9.17, 15) is 9.59 Å². The molecule has 1 fully saturated rings. The standard InChI is InChI=1S/C15H20N2O4/c16-12(11-4-2-1-3-5-11)6-7-14(18)17-8-9-21-13(10-17)15(19)20/h1-5,12-13H,6-10,16H2,(H,19,20). The minimum Gasteiger partial charge on any atom is -0.479 e. The average molecular weight is 292 g/mol. The third kappa shape index (κ3) is 4.27. The lowest BCUT2D eigenvalue weighted by molar-refractivity contribution is -0.159. The van der Waals surface area contributed by atoms with E-state index in [-0.39, 0.29) is 25.1 Å². The molecular formula is C15H20N2O4. The van der Waals surface area contributed by atoms with Crippen LogP contribution < -0.4 is 5.73 Å². The monoisotopic (exact) mass is 292 g/mol. The van der Waals surface area contributed by atoms with Gasteiger partial charge < -0.3 is 20.5 Å². The molecule has 1 amide bonds. The highest BCUT2D eigenvalue weighted by Gasteiger charge is 2.28.